The summed E-state index contributed by atoms with van der Waals surface area (Å²) in [4.78, 5) is 4.54. The number of anilines is 1. The van der Waals surface area contributed by atoms with Crippen LogP contribution in [0.15, 0.2) is 22.7 Å². The molecule has 0 aliphatic carbocycles. The second-order valence-electron chi connectivity index (χ2n) is 5.85. The normalized spacial score (nSPS) is 17.6. The Morgan fingerprint density at radius 1 is 1.14 bits per heavy atom. The van der Waals surface area contributed by atoms with Crippen LogP contribution in [0, 0.1) is 5.92 Å². The monoisotopic (exact) mass is 364 g/mol. The molecule has 1 fully saturated rings. The van der Waals surface area contributed by atoms with E-state index < -0.39 is 11.7 Å². The van der Waals surface area contributed by atoms with Gasteiger partial charge in [0.2, 0.25) is 0 Å². The second-order valence-corrected chi connectivity index (χ2v) is 6.70. The molecular weight excluding hydrogens is 345 g/mol. The maximum atomic E-state index is 12.7. The van der Waals surface area contributed by atoms with Crippen LogP contribution in [0.4, 0.5) is 18.9 Å². The Balaban J connectivity index is 2.04. The molecule has 0 spiro atoms. The number of rotatable bonds is 3. The van der Waals surface area contributed by atoms with E-state index in [1.165, 1.54) is 0 Å². The molecule has 0 N–H and O–H groups in total. The van der Waals surface area contributed by atoms with Crippen LogP contribution in [-0.4, -0.2) is 37.6 Å². The van der Waals surface area contributed by atoms with Gasteiger partial charge in [-0.2, -0.15) is 13.2 Å². The van der Waals surface area contributed by atoms with Gasteiger partial charge in [0.05, 0.1) is 11.3 Å². The molecule has 6 heteroatoms. The number of benzene rings is 1. The molecule has 1 heterocycles. The molecule has 1 saturated heterocycles. The molecule has 0 radical (unpaired) electrons. The number of piperazine rings is 1. The number of hydrogen-bond acceptors (Lipinski definition) is 2. The standard InChI is InChI=1S/C15H20BrF3N2/c1-11(2)10-20-5-7-21(8-6-20)14-4-3-12(9-13(14)16)15(17,18)19/h3-4,9,11H,5-8,10H2,1-2H3. The highest BCUT2D eigenvalue weighted by Gasteiger charge is 2.31. The van der Waals surface area contributed by atoms with Crippen molar-refractivity contribution < 1.29 is 13.2 Å². The molecule has 1 aliphatic heterocycles. The lowest BCUT2D eigenvalue weighted by atomic mass is 10.1. The molecule has 118 valence electrons. The van der Waals surface area contributed by atoms with Crippen molar-refractivity contribution in [1.82, 2.24) is 4.90 Å². The van der Waals surface area contributed by atoms with E-state index in [-0.39, 0.29) is 0 Å². The summed E-state index contributed by atoms with van der Waals surface area (Å²) >= 11 is 3.28. The van der Waals surface area contributed by atoms with Gasteiger partial charge in [0.25, 0.3) is 0 Å². The molecule has 2 rings (SSSR count). The minimum Gasteiger partial charge on any atom is -0.368 e. The fraction of sp³-hybridized carbons (Fsp3) is 0.600. The van der Waals surface area contributed by atoms with E-state index in [4.69, 9.17) is 0 Å². The van der Waals surface area contributed by atoms with Gasteiger partial charge >= 0.3 is 6.18 Å². The first-order valence-corrected chi connectivity index (χ1v) is 7.90. The first-order chi connectivity index (χ1) is 9.77. The Labute approximate surface area is 132 Å². The zero-order valence-corrected chi connectivity index (χ0v) is 13.8. The maximum absolute atomic E-state index is 12.7. The quantitative estimate of drug-likeness (QED) is 0.791. The molecule has 21 heavy (non-hydrogen) atoms. The highest BCUT2D eigenvalue weighted by molar-refractivity contribution is 9.10. The lowest BCUT2D eigenvalue weighted by molar-refractivity contribution is -0.137. The summed E-state index contributed by atoms with van der Waals surface area (Å²) in [5.74, 6) is 0.634. The SMILES string of the molecule is CC(C)CN1CCN(c2ccc(C(F)(F)F)cc2Br)CC1. The molecule has 0 bridgehead atoms. The largest absolute Gasteiger partial charge is 0.416 e. The van der Waals surface area contributed by atoms with Crippen molar-refractivity contribution >= 4 is 21.6 Å². The molecule has 0 aromatic heterocycles. The molecule has 0 saturated carbocycles. The fourth-order valence-electron chi connectivity index (χ4n) is 2.63. The summed E-state index contributed by atoms with van der Waals surface area (Å²) < 4.78 is 38.5. The molecule has 2 nitrogen and oxygen atoms in total. The zero-order chi connectivity index (χ0) is 15.6. The number of hydrogen-bond donors (Lipinski definition) is 0. The summed E-state index contributed by atoms with van der Waals surface area (Å²) in [6.45, 7) is 9.05. The minimum absolute atomic E-state index is 0.509. The predicted octanol–water partition coefficient (Wildman–Crippen LogP) is 4.25. The Bertz CT molecular complexity index is 480. The van der Waals surface area contributed by atoms with Crippen molar-refractivity contribution in [3.63, 3.8) is 0 Å². The zero-order valence-electron chi connectivity index (χ0n) is 12.3. The molecular formula is C15H20BrF3N2. The van der Waals surface area contributed by atoms with Gasteiger partial charge in [-0.25, -0.2) is 0 Å². The third-order valence-corrected chi connectivity index (χ3v) is 4.25. The van der Waals surface area contributed by atoms with E-state index in [2.05, 4.69) is 39.6 Å². The van der Waals surface area contributed by atoms with Crippen LogP contribution >= 0.6 is 15.9 Å². The van der Waals surface area contributed by atoms with Crippen molar-refractivity contribution in [2.45, 2.75) is 20.0 Å². The van der Waals surface area contributed by atoms with E-state index >= 15 is 0 Å². The Morgan fingerprint density at radius 2 is 1.76 bits per heavy atom. The van der Waals surface area contributed by atoms with Crippen molar-refractivity contribution in [3.8, 4) is 0 Å². The summed E-state index contributed by atoms with van der Waals surface area (Å²) in [6.07, 6.45) is -4.29. The van der Waals surface area contributed by atoms with E-state index in [0.717, 1.165) is 50.5 Å². The first-order valence-electron chi connectivity index (χ1n) is 7.11. The van der Waals surface area contributed by atoms with Crippen LogP contribution in [0.5, 0.6) is 0 Å². The van der Waals surface area contributed by atoms with Crippen LogP contribution in [0.2, 0.25) is 0 Å². The summed E-state index contributed by atoms with van der Waals surface area (Å²) in [7, 11) is 0. The third kappa shape index (κ3) is 4.36. The van der Waals surface area contributed by atoms with Crippen LogP contribution in [0.1, 0.15) is 19.4 Å². The minimum atomic E-state index is -4.29. The van der Waals surface area contributed by atoms with Crippen molar-refractivity contribution in [2.75, 3.05) is 37.6 Å². The van der Waals surface area contributed by atoms with E-state index in [0.29, 0.717) is 10.4 Å². The van der Waals surface area contributed by atoms with E-state index in [9.17, 15) is 13.2 Å². The van der Waals surface area contributed by atoms with Gasteiger partial charge in [-0.3, -0.25) is 4.90 Å². The van der Waals surface area contributed by atoms with Crippen LogP contribution in [0.3, 0.4) is 0 Å². The summed E-state index contributed by atoms with van der Waals surface area (Å²) in [6, 6.07) is 3.88. The van der Waals surface area contributed by atoms with Crippen LogP contribution in [-0.2, 0) is 6.18 Å². The second kappa shape index (κ2) is 6.57. The molecule has 1 aromatic rings. The van der Waals surface area contributed by atoms with E-state index in [1.54, 1.807) is 6.07 Å². The van der Waals surface area contributed by atoms with Gasteiger partial charge in [0, 0.05) is 37.2 Å². The van der Waals surface area contributed by atoms with Gasteiger partial charge in [-0.05, 0) is 40.0 Å². The van der Waals surface area contributed by atoms with Gasteiger partial charge in [0.1, 0.15) is 0 Å². The highest BCUT2D eigenvalue weighted by atomic mass is 79.9. The third-order valence-electron chi connectivity index (χ3n) is 3.61. The molecule has 0 unspecified atom stereocenters. The van der Waals surface area contributed by atoms with Gasteiger partial charge in [-0.15, -0.1) is 0 Å². The average Bonchev–Trinajstić information content (AvgIpc) is 2.38. The Hall–Kier alpha value is -0.750. The summed E-state index contributed by atoms with van der Waals surface area (Å²) in [5.41, 5.74) is 0.226. The Morgan fingerprint density at radius 3 is 2.24 bits per heavy atom. The molecule has 1 aliphatic rings. The summed E-state index contributed by atoms with van der Waals surface area (Å²) in [5, 5.41) is 0. The van der Waals surface area contributed by atoms with Crippen LogP contribution < -0.4 is 4.90 Å². The maximum Gasteiger partial charge on any atom is 0.416 e. The molecule has 0 amide bonds. The lowest BCUT2D eigenvalue weighted by Crippen LogP contribution is -2.47. The average molecular weight is 365 g/mol. The lowest BCUT2D eigenvalue weighted by Gasteiger charge is -2.37. The van der Waals surface area contributed by atoms with Gasteiger partial charge in [0.15, 0.2) is 0 Å². The first kappa shape index (κ1) is 16.6. The predicted molar refractivity (Wildman–Crippen MR) is 82.6 cm³/mol. The number of nitrogens with zero attached hydrogens (tertiary/aromatic N) is 2. The number of alkyl halides is 3. The fourth-order valence-corrected chi connectivity index (χ4v) is 3.26. The number of halogens is 4. The smallest absolute Gasteiger partial charge is 0.368 e. The van der Waals surface area contributed by atoms with Crippen LogP contribution in [0.25, 0.3) is 0 Å². The molecule has 1 aromatic carbocycles. The van der Waals surface area contributed by atoms with Crippen molar-refractivity contribution in [3.05, 3.63) is 28.2 Å². The van der Waals surface area contributed by atoms with Crippen molar-refractivity contribution in [2.24, 2.45) is 5.92 Å². The van der Waals surface area contributed by atoms with Crippen molar-refractivity contribution in [1.29, 1.82) is 0 Å². The van der Waals surface area contributed by atoms with E-state index in [1.807, 2.05) is 0 Å². The highest BCUT2D eigenvalue weighted by Crippen LogP contribution is 2.35. The van der Waals surface area contributed by atoms with Gasteiger partial charge < -0.3 is 4.90 Å². The Kier molecular flexibility index (Phi) is 5.20. The van der Waals surface area contributed by atoms with Gasteiger partial charge in [-0.1, -0.05) is 13.8 Å². The molecule has 0 atom stereocenters. The topological polar surface area (TPSA) is 6.48 Å².